The summed E-state index contributed by atoms with van der Waals surface area (Å²) in [5, 5.41) is 0. The van der Waals surface area contributed by atoms with E-state index in [2.05, 4.69) is 222 Å². The zero-order chi connectivity index (χ0) is 39.6. The van der Waals surface area contributed by atoms with Crippen LogP contribution in [0.1, 0.15) is 74.9 Å². The number of anilines is 3. The molecule has 0 heterocycles. The van der Waals surface area contributed by atoms with Crippen molar-refractivity contribution < 1.29 is 0 Å². The van der Waals surface area contributed by atoms with Crippen molar-refractivity contribution in [1.82, 2.24) is 0 Å². The van der Waals surface area contributed by atoms with Crippen LogP contribution < -0.4 is 4.90 Å². The predicted octanol–water partition coefficient (Wildman–Crippen LogP) is 15.4. The van der Waals surface area contributed by atoms with Crippen LogP contribution >= 0.6 is 0 Å². The predicted molar refractivity (Wildman–Crippen MR) is 245 cm³/mol. The summed E-state index contributed by atoms with van der Waals surface area (Å²) in [6.45, 7) is 14.2. The van der Waals surface area contributed by atoms with Gasteiger partial charge in [-0.1, -0.05) is 187 Å². The molecule has 0 aliphatic heterocycles. The van der Waals surface area contributed by atoms with Crippen LogP contribution in [-0.2, 0) is 16.2 Å². The first-order chi connectivity index (χ1) is 28.1. The minimum Gasteiger partial charge on any atom is -0.310 e. The van der Waals surface area contributed by atoms with E-state index in [-0.39, 0.29) is 16.2 Å². The van der Waals surface area contributed by atoms with Gasteiger partial charge in [0.2, 0.25) is 0 Å². The van der Waals surface area contributed by atoms with Gasteiger partial charge in [0, 0.05) is 33.2 Å². The van der Waals surface area contributed by atoms with Crippen LogP contribution in [0, 0.1) is 0 Å². The van der Waals surface area contributed by atoms with Crippen molar-refractivity contribution in [1.29, 1.82) is 0 Å². The molecule has 3 aliphatic carbocycles. The van der Waals surface area contributed by atoms with E-state index >= 15 is 0 Å². The van der Waals surface area contributed by atoms with Crippen LogP contribution in [0.5, 0.6) is 0 Å². The molecule has 0 bridgehead atoms. The van der Waals surface area contributed by atoms with E-state index in [9.17, 15) is 0 Å². The van der Waals surface area contributed by atoms with E-state index in [4.69, 9.17) is 0 Å². The highest BCUT2D eigenvalue weighted by molar-refractivity contribution is 5.99. The molecule has 0 aromatic heterocycles. The van der Waals surface area contributed by atoms with Crippen LogP contribution in [0.25, 0.3) is 55.6 Å². The first-order valence-electron chi connectivity index (χ1n) is 20.8. The lowest BCUT2D eigenvalue weighted by Gasteiger charge is -2.30. The molecule has 0 atom stereocenters. The van der Waals surface area contributed by atoms with Gasteiger partial charge >= 0.3 is 0 Å². The van der Waals surface area contributed by atoms with Crippen molar-refractivity contribution in [2.24, 2.45) is 0 Å². The third kappa shape index (κ3) is 4.77. The third-order valence-electron chi connectivity index (χ3n) is 13.9. The fourth-order valence-electron chi connectivity index (χ4n) is 11.0. The second-order valence-electron chi connectivity index (χ2n) is 18.1. The molecule has 0 unspecified atom stereocenters. The number of benzene rings is 8. The Labute approximate surface area is 343 Å². The summed E-state index contributed by atoms with van der Waals surface area (Å²) in [6.07, 6.45) is 0. The number of hydrogen-bond donors (Lipinski definition) is 0. The standard InChI is InChI=1S/C57H47N/c1-55(2)49-26-13-9-20-46(49)53-44(22-16-27-50(53)55)43-19-10-14-28-52(43)58(38-33-34-42-40-17-7-11-24-47(40)56(3,4)51(42)35-38)37-31-29-36(30-32-37)39-21-15-23-45-41-18-8-12-25-48(41)57(5,6)54(39)45/h7-35H,1-6H3. The van der Waals surface area contributed by atoms with E-state index in [1.807, 2.05) is 0 Å². The zero-order valence-electron chi connectivity index (χ0n) is 34.2. The molecule has 8 aromatic carbocycles. The van der Waals surface area contributed by atoms with Gasteiger partial charge in [-0.3, -0.25) is 0 Å². The Kier molecular flexibility index (Phi) is 7.36. The highest BCUT2D eigenvalue weighted by Crippen LogP contribution is 2.56. The van der Waals surface area contributed by atoms with E-state index in [0.717, 1.165) is 17.1 Å². The van der Waals surface area contributed by atoms with E-state index < -0.39 is 0 Å². The van der Waals surface area contributed by atoms with Gasteiger partial charge < -0.3 is 4.90 Å². The number of hydrogen-bond acceptors (Lipinski definition) is 1. The summed E-state index contributed by atoms with van der Waals surface area (Å²) in [7, 11) is 0. The van der Waals surface area contributed by atoms with Crippen molar-refractivity contribution in [3.8, 4) is 55.6 Å². The van der Waals surface area contributed by atoms with E-state index in [0.29, 0.717) is 0 Å². The van der Waals surface area contributed by atoms with Gasteiger partial charge in [-0.25, -0.2) is 0 Å². The molecular formula is C57H47N. The fraction of sp³-hybridized carbons (Fsp3) is 0.158. The molecule has 1 heteroatoms. The van der Waals surface area contributed by atoms with Crippen molar-refractivity contribution in [3.05, 3.63) is 209 Å². The Morgan fingerprint density at radius 2 is 0.776 bits per heavy atom. The molecule has 0 radical (unpaired) electrons. The molecule has 8 aromatic rings. The quantitative estimate of drug-likeness (QED) is 0.170. The van der Waals surface area contributed by atoms with Crippen LogP contribution in [0.3, 0.4) is 0 Å². The molecule has 0 amide bonds. The highest BCUT2D eigenvalue weighted by atomic mass is 15.1. The number of nitrogens with zero attached hydrogens (tertiary/aromatic N) is 1. The molecule has 0 saturated carbocycles. The average Bonchev–Trinajstić information content (AvgIpc) is 3.74. The molecule has 1 nitrogen and oxygen atoms in total. The Morgan fingerprint density at radius 1 is 0.310 bits per heavy atom. The van der Waals surface area contributed by atoms with Gasteiger partial charge in [-0.15, -0.1) is 0 Å². The lowest BCUT2D eigenvalue weighted by Crippen LogP contribution is -2.17. The highest BCUT2D eigenvalue weighted by Gasteiger charge is 2.39. The lowest BCUT2D eigenvalue weighted by atomic mass is 9.79. The SMILES string of the molecule is CC1(C)c2ccccc2-c2ccc(N(c3ccc(-c4cccc5c4C(C)(C)c4ccccc4-5)cc3)c3ccccc3-c3cccc4c3-c3ccccc3C4(C)C)cc21. The maximum absolute atomic E-state index is 2.50. The van der Waals surface area contributed by atoms with Gasteiger partial charge in [0.05, 0.1) is 5.69 Å². The summed E-state index contributed by atoms with van der Waals surface area (Å²) in [6, 6.07) is 66.1. The van der Waals surface area contributed by atoms with Crippen molar-refractivity contribution in [2.45, 2.75) is 57.8 Å². The van der Waals surface area contributed by atoms with Gasteiger partial charge in [0.1, 0.15) is 0 Å². The average molecular weight is 746 g/mol. The van der Waals surface area contributed by atoms with Crippen molar-refractivity contribution in [2.75, 3.05) is 4.90 Å². The Morgan fingerprint density at radius 3 is 1.50 bits per heavy atom. The van der Waals surface area contributed by atoms with Crippen LogP contribution in [0.4, 0.5) is 17.1 Å². The summed E-state index contributed by atoms with van der Waals surface area (Å²) in [5.74, 6) is 0. The zero-order valence-corrected chi connectivity index (χ0v) is 34.2. The lowest BCUT2D eigenvalue weighted by molar-refractivity contribution is 0.660. The molecule has 3 aliphatic rings. The molecule has 280 valence electrons. The minimum absolute atomic E-state index is 0.0828. The molecule has 0 N–H and O–H groups in total. The number of para-hydroxylation sites is 1. The molecule has 58 heavy (non-hydrogen) atoms. The van der Waals surface area contributed by atoms with E-state index in [1.165, 1.54) is 89.0 Å². The monoisotopic (exact) mass is 745 g/mol. The largest absolute Gasteiger partial charge is 0.310 e. The summed E-state index contributed by atoms with van der Waals surface area (Å²) in [5.41, 5.74) is 24.6. The first-order valence-corrected chi connectivity index (χ1v) is 20.8. The van der Waals surface area contributed by atoms with Crippen LogP contribution in [0.15, 0.2) is 176 Å². The maximum Gasteiger partial charge on any atom is 0.0540 e. The Balaban J connectivity index is 1.10. The first kappa shape index (κ1) is 34.8. The summed E-state index contributed by atoms with van der Waals surface area (Å²) < 4.78 is 0. The smallest absolute Gasteiger partial charge is 0.0540 e. The van der Waals surface area contributed by atoms with Gasteiger partial charge in [-0.05, 0) is 114 Å². The van der Waals surface area contributed by atoms with Crippen molar-refractivity contribution >= 4 is 17.1 Å². The molecule has 0 saturated heterocycles. The maximum atomic E-state index is 2.50. The summed E-state index contributed by atoms with van der Waals surface area (Å²) in [4.78, 5) is 2.50. The number of rotatable bonds is 5. The van der Waals surface area contributed by atoms with Crippen LogP contribution in [0.2, 0.25) is 0 Å². The third-order valence-corrected chi connectivity index (χ3v) is 13.9. The van der Waals surface area contributed by atoms with E-state index in [1.54, 1.807) is 0 Å². The normalized spacial score (nSPS) is 15.5. The second kappa shape index (κ2) is 12.3. The molecule has 0 spiro atoms. The van der Waals surface area contributed by atoms with Crippen molar-refractivity contribution in [3.63, 3.8) is 0 Å². The molecular weight excluding hydrogens is 699 g/mol. The number of fused-ring (bicyclic) bond motifs is 9. The second-order valence-corrected chi connectivity index (χ2v) is 18.1. The Hall–Kier alpha value is -6.44. The van der Waals surface area contributed by atoms with Crippen LogP contribution in [-0.4, -0.2) is 0 Å². The van der Waals surface area contributed by atoms with Gasteiger partial charge in [0.15, 0.2) is 0 Å². The minimum atomic E-state index is -0.120. The fourth-order valence-corrected chi connectivity index (χ4v) is 11.0. The Bertz CT molecular complexity index is 2970. The summed E-state index contributed by atoms with van der Waals surface area (Å²) >= 11 is 0. The van der Waals surface area contributed by atoms with Gasteiger partial charge in [-0.2, -0.15) is 0 Å². The topological polar surface area (TPSA) is 3.24 Å². The molecule has 0 fully saturated rings. The molecule has 11 rings (SSSR count). The van der Waals surface area contributed by atoms with Gasteiger partial charge in [0.25, 0.3) is 0 Å².